The quantitative estimate of drug-likeness (QED) is 0.826. The number of nitrogens with zero attached hydrogens (tertiary/aromatic N) is 2. The molecule has 116 valence electrons. The van der Waals surface area contributed by atoms with Crippen LogP contribution in [0.25, 0.3) is 0 Å². The van der Waals surface area contributed by atoms with Gasteiger partial charge in [0.15, 0.2) is 0 Å². The van der Waals surface area contributed by atoms with Crippen molar-refractivity contribution in [3.8, 4) is 0 Å². The predicted molar refractivity (Wildman–Crippen MR) is 75.6 cm³/mol. The maximum atomic E-state index is 11.2. The third-order valence-corrected chi connectivity index (χ3v) is 5.47. The minimum atomic E-state index is -0.622. The highest BCUT2D eigenvalue weighted by Gasteiger charge is 2.55. The Morgan fingerprint density at radius 2 is 2.29 bits per heavy atom. The Hall–Kier alpha value is -0.950. The fourth-order valence-corrected chi connectivity index (χ4v) is 4.33. The van der Waals surface area contributed by atoms with Gasteiger partial charge in [-0.3, -0.25) is 4.90 Å². The molecule has 0 radical (unpaired) electrons. The molecule has 6 heteroatoms. The topological polar surface area (TPSA) is 70.6 Å². The molecule has 3 fully saturated rings. The predicted octanol–water partition coefficient (Wildman–Crippen LogP) is 0.398. The van der Waals surface area contributed by atoms with Gasteiger partial charge in [-0.05, 0) is 6.42 Å². The van der Waals surface area contributed by atoms with Crippen molar-refractivity contribution in [1.29, 1.82) is 0 Å². The number of rotatable bonds is 2. The average molecular weight is 293 g/mol. The van der Waals surface area contributed by atoms with E-state index in [1.807, 2.05) is 6.20 Å². The van der Waals surface area contributed by atoms with Crippen LogP contribution in [0, 0.1) is 11.8 Å². The molecule has 4 atom stereocenters. The number of piperidine rings is 1. The molecule has 0 aromatic carbocycles. The molecule has 3 aliphatic heterocycles. The first-order valence-electron chi connectivity index (χ1n) is 7.87. The molecule has 1 aromatic rings. The number of fused-ring (bicyclic) bond motifs is 3. The lowest BCUT2D eigenvalue weighted by molar-refractivity contribution is -0.221. The number of likely N-dealkylation sites (tertiary alicyclic amines) is 1. The lowest BCUT2D eigenvalue weighted by Gasteiger charge is -2.57. The fraction of sp³-hybridized carbons (Fsp3) is 0.800. The molecule has 0 unspecified atom stereocenters. The summed E-state index contributed by atoms with van der Waals surface area (Å²) in [6.07, 6.45) is 5.37. The standard InChI is InChI=1S/C15H23N3O3/c19-15-2-6-21-9-11(15)7-18(8-14-16-3-4-17-14)13-1-5-20-10-12(13)15/h3-4,11-13,19H,1-2,5-10H2,(H,16,17)/t11-,12+,13-,15-/m0/s1. The Balaban J connectivity index is 1.60. The second-order valence-electron chi connectivity index (χ2n) is 6.52. The number of imidazole rings is 1. The SMILES string of the molecule is O[C@@]12CCOC[C@@H]1CN(Cc1ncc[nH]1)[C@H]1CCOC[C@H]12. The van der Waals surface area contributed by atoms with E-state index in [9.17, 15) is 5.11 Å². The Labute approximate surface area is 124 Å². The number of aromatic nitrogens is 2. The highest BCUT2D eigenvalue weighted by molar-refractivity contribution is 5.06. The molecular formula is C15H23N3O3. The Morgan fingerprint density at radius 1 is 1.38 bits per heavy atom. The highest BCUT2D eigenvalue weighted by atomic mass is 16.5. The lowest BCUT2D eigenvalue weighted by atomic mass is 9.66. The van der Waals surface area contributed by atoms with Crippen molar-refractivity contribution < 1.29 is 14.6 Å². The number of aliphatic hydroxyl groups is 1. The van der Waals surface area contributed by atoms with E-state index in [0.717, 1.165) is 38.4 Å². The van der Waals surface area contributed by atoms with Crippen molar-refractivity contribution >= 4 is 0 Å². The van der Waals surface area contributed by atoms with Gasteiger partial charge >= 0.3 is 0 Å². The summed E-state index contributed by atoms with van der Waals surface area (Å²) < 4.78 is 11.3. The zero-order valence-electron chi connectivity index (χ0n) is 12.2. The van der Waals surface area contributed by atoms with E-state index in [1.54, 1.807) is 6.20 Å². The minimum Gasteiger partial charge on any atom is -0.389 e. The normalized spacial score (nSPS) is 40.5. The van der Waals surface area contributed by atoms with Crippen LogP contribution in [-0.4, -0.2) is 64.6 Å². The van der Waals surface area contributed by atoms with Gasteiger partial charge in [-0.15, -0.1) is 0 Å². The molecule has 2 N–H and O–H groups in total. The van der Waals surface area contributed by atoms with Gasteiger partial charge in [-0.25, -0.2) is 4.98 Å². The Morgan fingerprint density at radius 3 is 3.14 bits per heavy atom. The summed E-state index contributed by atoms with van der Waals surface area (Å²) in [5, 5.41) is 11.2. The van der Waals surface area contributed by atoms with E-state index in [2.05, 4.69) is 14.9 Å². The van der Waals surface area contributed by atoms with Gasteiger partial charge in [0.25, 0.3) is 0 Å². The molecule has 1 aromatic heterocycles. The average Bonchev–Trinajstić information content (AvgIpc) is 3.01. The lowest BCUT2D eigenvalue weighted by Crippen LogP contribution is -2.67. The summed E-state index contributed by atoms with van der Waals surface area (Å²) in [4.78, 5) is 9.99. The third-order valence-electron chi connectivity index (χ3n) is 5.47. The second kappa shape index (κ2) is 5.35. The second-order valence-corrected chi connectivity index (χ2v) is 6.52. The third kappa shape index (κ3) is 2.30. The fourth-order valence-electron chi connectivity index (χ4n) is 4.33. The molecule has 3 saturated heterocycles. The molecule has 21 heavy (non-hydrogen) atoms. The maximum Gasteiger partial charge on any atom is 0.120 e. The number of hydrogen-bond acceptors (Lipinski definition) is 5. The van der Waals surface area contributed by atoms with Crippen LogP contribution >= 0.6 is 0 Å². The zero-order valence-corrected chi connectivity index (χ0v) is 12.2. The van der Waals surface area contributed by atoms with Gasteiger partial charge in [0.05, 0.1) is 25.4 Å². The van der Waals surface area contributed by atoms with Crippen LogP contribution in [0.5, 0.6) is 0 Å². The van der Waals surface area contributed by atoms with Crippen LogP contribution in [0.4, 0.5) is 0 Å². The molecule has 3 aliphatic rings. The largest absolute Gasteiger partial charge is 0.389 e. The molecule has 0 saturated carbocycles. The smallest absolute Gasteiger partial charge is 0.120 e. The van der Waals surface area contributed by atoms with Crippen molar-refractivity contribution in [2.75, 3.05) is 33.0 Å². The number of hydrogen-bond donors (Lipinski definition) is 2. The van der Waals surface area contributed by atoms with Gasteiger partial charge in [0, 0.05) is 56.5 Å². The molecule has 0 aliphatic carbocycles. The monoisotopic (exact) mass is 293 g/mol. The van der Waals surface area contributed by atoms with E-state index >= 15 is 0 Å². The van der Waals surface area contributed by atoms with E-state index < -0.39 is 5.60 Å². The van der Waals surface area contributed by atoms with Gasteiger partial charge in [-0.1, -0.05) is 0 Å². The summed E-state index contributed by atoms with van der Waals surface area (Å²) in [5.41, 5.74) is -0.622. The number of aromatic amines is 1. The van der Waals surface area contributed by atoms with E-state index in [1.165, 1.54) is 0 Å². The van der Waals surface area contributed by atoms with Gasteiger partial charge in [0.2, 0.25) is 0 Å². The molecule has 6 nitrogen and oxygen atoms in total. The molecule has 4 heterocycles. The Kier molecular flexibility index (Phi) is 3.49. The zero-order chi connectivity index (χ0) is 14.3. The summed E-state index contributed by atoms with van der Waals surface area (Å²) in [7, 11) is 0. The maximum absolute atomic E-state index is 11.2. The first-order chi connectivity index (χ1) is 10.3. The summed E-state index contributed by atoms with van der Waals surface area (Å²) in [6.45, 7) is 4.43. The number of ether oxygens (including phenoxy) is 2. The Bertz CT molecular complexity index is 481. The summed E-state index contributed by atoms with van der Waals surface area (Å²) >= 11 is 0. The van der Waals surface area contributed by atoms with E-state index in [0.29, 0.717) is 25.9 Å². The van der Waals surface area contributed by atoms with Crippen LogP contribution in [0.15, 0.2) is 12.4 Å². The van der Waals surface area contributed by atoms with Crippen LogP contribution < -0.4 is 0 Å². The highest BCUT2D eigenvalue weighted by Crippen LogP contribution is 2.44. The minimum absolute atomic E-state index is 0.171. The first kappa shape index (κ1) is 13.7. The van der Waals surface area contributed by atoms with Crippen LogP contribution in [0.1, 0.15) is 18.7 Å². The summed E-state index contributed by atoms with van der Waals surface area (Å²) in [5.74, 6) is 1.34. The molecule has 0 spiro atoms. The van der Waals surface area contributed by atoms with Gasteiger partial charge in [-0.2, -0.15) is 0 Å². The number of nitrogens with one attached hydrogen (secondary N) is 1. The molecular weight excluding hydrogens is 270 g/mol. The number of H-pyrrole nitrogens is 1. The molecule has 4 rings (SSSR count). The van der Waals surface area contributed by atoms with Crippen molar-refractivity contribution in [1.82, 2.24) is 14.9 Å². The van der Waals surface area contributed by atoms with E-state index in [4.69, 9.17) is 9.47 Å². The first-order valence-corrected chi connectivity index (χ1v) is 7.87. The van der Waals surface area contributed by atoms with Crippen LogP contribution in [0.2, 0.25) is 0 Å². The molecule has 0 amide bonds. The van der Waals surface area contributed by atoms with Gasteiger partial charge in [0.1, 0.15) is 5.82 Å². The van der Waals surface area contributed by atoms with Crippen molar-refractivity contribution in [3.05, 3.63) is 18.2 Å². The van der Waals surface area contributed by atoms with Crippen LogP contribution in [-0.2, 0) is 16.0 Å². The summed E-state index contributed by atoms with van der Waals surface area (Å²) in [6, 6.07) is 0.378. The van der Waals surface area contributed by atoms with Gasteiger partial charge < -0.3 is 19.6 Å². The van der Waals surface area contributed by atoms with E-state index in [-0.39, 0.29) is 11.8 Å². The van der Waals surface area contributed by atoms with Crippen LogP contribution in [0.3, 0.4) is 0 Å². The molecule has 0 bridgehead atoms. The van der Waals surface area contributed by atoms with Crippen molar-refractivity contribution in [2.24, 2.45) is 11.8 Å². The van der Waals surface area contributed by atoms with Crippen molar-refractivity contribution in [3.63, 3.8) is 0 Å². The van der Waals surface area contributed by atoms with Crippen molar-refractivity contribution in [2.45, 2.75) is 31.0 Å².